The molecule has 1 aliphatic rings. The van der Waals surface area contributed by atoms with Crippen LogP contribution in [0.2, 0.25) is 0 Å². The summed E-state index contributed by atoms with van der Waals surface area (Å²) in [5, 5.41) is 1.09. The maximum absolute atomic E-state index is 6.10. The normalized spacial score (nSPS) is 18.8. The van der Waals surface area contributed by atoms with Crippen molar-refractivity contribution in [2.24, 2.45) is 0 Å². The minimum atomic E-state index is 0.252. The number of ether oxygens (including phenoxy) is 1. The third-order valence-electron chi connectivity index (χ3n) is 4.16. The Labute approximate surface area is 129 Å². The molecule has 2 aromatic heterocycles. The van der Waals surface area contributed by atoms with Crippen molar-refractivity contribution >= 4 is 11.0 Å². The first-order chi connectivity index (χ1) is 10.9. The van der Waals surface area contributed by atoms with Crippen molar-refractivity contribution in [3.8, 4) is 5.75 Å². The Hall–Kier alpha value is -2.33. The quantitative estimate of drug-likeness (QED) is 0.803. The van der Waals surface area contributed by atoms with Crippen molar-refractivity contribution in [3.63, 3.8) is 0 Å². The first-order valence-electron chi connectivity index (χ1n) is 7.73. The monoisotopic (exact) mass is 293 g/mol. The second-order valence-corrected chi connectivity index (χ2v) is 5.84. The minimum Gasteiger partial charge on any atom is -0.487 e. The van der Waals surface area contributed by atoms with Gasteiger partial charge in [-0.25, -0.2) is 4.98 Å². The second kappa shape index (κ2) is 5.81. The SMILES string of the molecule is c1ccc(CN2CCC(Oc3cnc4[nH]ccc4c3)C2)cc1. The number of nitrogens with zero attached hydrogens (tertiary/aromatic N) is 2. The van der Waals surface area contributed by atoms with E-state index in [4.69, 9.17) is 4.74 Å². The Morgan fingerprint density at radius 1 is 1.23 bits per heavy atom. The number of pyridine rings is 1. The minimum absolute atomic E-state index is 0.252. The maximum atomic E-state index is 6.10. The first-order valence-corrected chi connectivity index (χ1v) is 7.73. The van der Waals surface area contributed by atoms with Crippen LogP contribution >= 0.6 is 0 Å². The van der Waals surface area contributed by atoms with Crippen LogP contribution in [-0.2, 0) is 6.54 Å². The summed E-state index contributed by atoms with van der Waals surface area (Å²) in [5.74, 6) is 0.860. The van der Waals surface area contributed by atoms with E-state index >= 15 is 0 Å². The van der Waals surface area contributed by atoms with E-state index in [-0.39, 0.29) is 6.10 Å². The average molecular weight is 293 g/mol. The highest BCUT2D eigenvalue weighted by Gasteiger charge is 2.24. The average Bonchev–Trinajstić information content (AvgIpc) is 3.17. The smallest absolute Gasteiger partial charge is 0.138 e. The van der Waals surface area contributed by atoms with Crippen LogP contribution in [0.1, 0.15) is 12.0 Å². The highest BCUT2D eigenvalue weighted by molar-refractivity contribution is 5.76. The molecule has 4 nitrogen and oxygen atoms in total. The Morgan fingerprint density at radius 3 is 3.05 bits per heavy atom. The maximum Gasteiger partial charge on any atom is 0.138 e. The van der Waals surface area contributed by atoms with Crippen molar-refractivity contribution in [1.82, 2.24) is 14.9 Å². The summed E-state index contributed by atoms with van der Waals surface area (Å²) in [6.07, 6.45) is 5.02. The Morgan fingerprint density at radius 2 is 2.14 bits per heavy atom. The Kier molecular flexibility index (Phi) is 3.52. The molecule has 1 unspecified atom stereocenters. The number of H-pyrrole nitrogens is 1. The zero-order valence-corrected chi connectivity index (χ0v) is 12.4. The van der Waals surface area contributed by atoms with Crippen molar-refractivity contribution in [3.05, 3.63) is 60.4 Å². The van der Waals surface area contributed by atoms with Crippen LogP contribution in [0.3, 0.4) is 0 Å². The molecular formula is C18H19N3O. The Balaban J connectivity index is 1.38. The van der Waals surface area contributed by atoms with Gasteiger partial charge in [0.05, 0.1) is 6.20 Å². The molecule has 0 radical (unpaired) electrons. The van der Waals surface area contributed by atoms with Gasteiger partial charge in [0.1, 0.15) is 17.5 Å². The van der Waals surface area contributed by atoms with E-state index in [1.165, 1.54) is 5.56 Å². The summed E-state index contributed by atoms with van der Waals surface area (Å²) in [4.78, 5) is 9.92. The molecule has 4 rings (SSSR count). The van der Waals surface area contributed by atoms with Gasteiger partial charge in [-0.15, -0.1) is 0 Å². The van der Waals surface area contributed by atoms with Crippen LogP contribution in [0.15, 0.2) is 54.9 Å². The number of fused-ring (bicyclic) bond motifs is 1. The number of hydrogen-bond acceptors (Lipinski definition) is 3. The van der Waals surface area contributed by atoms with E-state index in [0.717, 1.165) is 42.8 Å². The molecule has 0 bridgehead atoms. The molecule has 0 saturated carbocycles. The highest BCUT2D eigenvalue weighted by atomic mass is 16.5. The highest BCUT2D eigenvalue weighted by Crippen LogP contribution is 2.22. The number of benzene rings is 1. The van der Waals surface area contributed by atoms with Gasteiger partial charge in [-0.2, -0.15) is 0 Å². The predicted molar refractivity (Wildman–Crippen MR) is 86.8 cm³/mol. The predicted octanol–water partition coefficient (Wildman–Crippen LogP) is 3.22. The fraction of sp³-hybridized carbons (Fsp3) is 0.278. The van der Waals surface area contributed by atoms with Crippen LogP contribution in [0, 0.1) is 0 Å². The van der Waals surface area contributed by atoms with Gasteiger partial charge >= 0.3 is 0 Å². The van der Waals surface area contributed by atoms with Crippen molar-refractivity contribution in [2.75, 3.05) is 13.1 Å². The van der Waals surface area contributed by atoms with E-state index in [2.05, 4.69) is 51.3 Å². The lowest BCUT2D eigenvalue weighted by molar-refractivity contribution is 0.198. The standard InChI is InChI=1S/C18H19N3O/c1-2-4-14(5-3-1)12-21-9-7-16(13-21)22-17-10-15-6-8-19-18(15)20-11-17/h1-6,8,10-11,16H,7,9,12-13H2,(H,19,20). The number of likely N-dealkylation sites (tertiary alicyclic amines) is 1. The molecule has 1 fully saturated rings. The molecule has 0 aliphatic carbocycles. The number of aromatic amines is 1. The summed E-state index contributed by atoms with van der Waals surface area (Å²) in [7, 11) is 0. The zero-order valence-electron chi connectivity index (χ0n) is 12.4. The van der Waals surface area contributed by atoms with Crippen molar-refractivity contribution in [2.45, 2.75) is 19.1 Å². The Bertz CT molecular complexity index is 753. The second-order valence-electron chi connectivity index (χ2n) is 5.84. The van der Waals surface area contributed by atoms with Crippen LogP contribution < -0.4 is 4.74 Å². The third-order valence-corrected chi connectivity index (χ3v) is 4.16. The van der Waals surface area contributed by atoms with Gasteiger partial charge in [0.25, 0.3) is 0 Å². The van der Waals surface area contributed by atoms with Crippen LogP contribution in [0.4, 0.5) is 0 Å². The molecule has 1 atom stereocenters. The third kappa shape index (κ3) is 2.83. The summed E-state index contributed by atoms with van der Waals surface area (Å²) < 4.78 is 6.10. The molecule has 0 amide bonds. The van der Waals surface area contributed by atoms with Gasteiger partial charge in [-0.05, 0) is 24.1 Å². The fourth-order valence-corrected chi connectivity index (χ4v) is 3.06. The zero-order chi connectivity index (χ0) is 14.8. The molecule has 0 spiro atoms. The molecule has 112 valence electrons. The summed E-state index contributed by atoms with van der Waals surface area (Å²) >= 11 is 0. The number of hydrogen-bond donors (Lipinski definition) is 1. The van der Waals surface area contributed by atoms with E-state index < -0.39 is 0 Å². The topological polar surface area (TPSA) is 41.1 Å². The van der Waals surface area contributed by atoms with Gasteiger partial charge in [0, 0.05) is 31.2 Å². The largest absolute Gasteiger partial charge is 0.487 e. The van der Waals surface area contributed by atoms with Crippen LogP contribution in [0.25, 0.3) is 11.0 Å². The lowest BCUT2D eigenvalue weighted by Gasteiger charge is -2.17. The molecule has 4 heteroatoms. The van der Waals surface area contributed by atoms with Gasteiger partial charge in [-0.1, -0.05) is 30.3 Å². The van der Waals surface area contributed by atoms with Crippen molar-refractivity contribution < 1.29 is 4.74 Å². The van der Waals surface area contributed by atoms with Crippen LogP contribution in [0.5, 0.6) is 5.75 Å². The van der Waals surface area contributed by atoms with Gasteiger partial charge < -0.3 is 9.72 Å². The summed E-state index contributed by atoms with van der Waals surface area (Å²) in [5.41, 5.74) is 2.27. The molecule has 1 aromatic carbocycles. The first kappa shape index (κ1) is 13.3. The van der Waals surface area contributed by atoms with Gasteiger partial charge in [0.2, 0.25) is 0 Å². The number of nitrogens with one attached hydrogen (secondary N) is 1. The molecule has 22 heavy (non-hydrogen) atoms. The summed E-state index contributed by atoms with van der Waals surface area (Å²) in [6, 6.07) is 14.7. The van der Waals surface area contributed by atoms with Crippen LogP contribution in [-0.4, -0.2) is 34.1 Å². The molecule has 1 N–H and O–H groups in total. The van der Waals surface area contributed by atoms with Crippen molar-refractivity contribution in [1.29, 1.82) is 0 Å². The van der Waals surface area contributed by atoms with E-state index in [1.807, 2.05) is 12.3 Å². The van der Waals surface area contributed by atoms with Gasteiger partial charge in [0.15, 0.2) is 0 Å². The fourth-order valence-electron chi connectivity index (χ4n) is 3.06. The number of aromatic nitrogens is 2. The summed E-state index contributed by atoms with van der Waals surface area (Å²) in [6.45, 7) is 3.05. The lowest BCUT2D eigenvalue weighted by Crippen LogP contribution is -2.24. The van der Waals surface area contributed by atoms with Gasteiger partial charge in [-0.3, -0.25) is 4.90 Å². The lowest BCUT2D eigenvalue weighted by atomic mass is 10.2. The van der Waals surface area contributed by atoms with E-state index in [0.29, 0.717) is 0 Å². The molecule has 1 aliphatic heterocycles. The van der Waals surface area contributed by atoms with E-state index in [9.17, 15) is 0 Å². The molecule has 3 heterocycles. The molecule has 3 aromatic rings. The van der Waals surface area contributed by atoms with E-state index in [1.54, 1.807) is 6.20 Å². The number of rotatable bonds is 4. The molecular weight excluding hydrogens is 274 g/mol. The molecule has 1 saturated heterocycles.